The predicted molar refractivity (Wildman–Crippen MR) is 86.7 cm³/mol. The lowest BCUT2D eigenvalue weighted by Gasteiger charge is -2.30. The summed E-state index contributed by atoms with van der Waals surface area (Å²) in [5.41, 5.74) is 1.70. The lowest BCUT2D eigenvalue weighted by Crippen LogP contribution is -2.38. The summed E-state index contributed by atoms with van der Waals surface area (Å²) in [6, 6.07) is 3.57. The Bertz CT molecular complexity index is 654. The molecule has 1 aromatic carbocycles. The minimum absolute atomic E-state index is 0.232. The summed E-state index contributed by atoms with van der Waals surface area (Å²) in [5.74, 6) is 1.23. The number of carbonyl (C=O) groups excluding carboxylic acids is 1. The topological polar surface area (TPSA) is 58.2 Å². The molecule has 1 aliphatic heterocycles. The van der Waals surface area contributed by atoms with Gasteiger partial charge in [-0.3, -0.25) is 0 Å². The maximum Gasteiger partial charge on any atom is 0.409 e. The summed E-state index contributed by atoms with van der Waals surface area (Å²) in [6.45, 7) is 3.59. The Hall–Kier alpha value is -1.46. The maximum absolute atomic E-state index is 11.7. The number of aromatic amines is 1. The van der Waals surface area contributed by atoms with Crippen LogP contribution in [-0.2, 0) is 4.74 Å². The highest BCUT2D eigenvalue weighted by molar-refractivity contribution is 6.42. The van der Waals surface area contributed by atoms with Crippen molar-refractivity contribution in [1.82, 2.24) is 14.9 Å². The van der Waals surface area contributed by atoms with Gasteiger partial charge in [0, 0.05) is 19.0 Å². The summed E-state index contributed by atoms with van der Waals surface area (Å²) in [4.78, 5) is 21.4. The number of nitrogens with one attached hydrogen (secondary N) is 1. The molecule has 5 nitrogen and oxygen atoms in total. The number of amides is 1. The van der Waals surface area contributed by atoms with Crippen molar-refractivity contribution in [2.45, 2.75) is 25.7 Å². The van der Waals surface area contributed by atoms with Crippen molar-refractivity contribution in [3.05, 3.63) is 28.0 Å². The highest BCUT2D eigenvalue weighted by Crippen LogP contribution is 2.31. The van der Waals surface area contributed by atoms with Gasteiger partial charge in [0.25, 0.3) is 0 Å². The Balaban J connectivity index is 1.72. The van der Waals surface area contributed by atoms with Crippen LogP contribution in [0, 0.1) is 0 Å². The zero-order chi connectivity index (χ0) is 15.7. The van der Waals surface area contributed by atoms with Gasteiger partial charge in [0.1, 0.15) is 5.82 Å². The molecule has 1 amide bonds. The van der Waals surface area contributed by atoms with Crippen molar-refractivity contribution < 1.29 is 9.53 Å². The Morgan fingerprint density at radius 1 is 1.36 bits per heavy atom. The standard InChI is InChI=1S/C15H17Cl2N3O2/c1-2-22-15(21)20-5-3-9(4-6-20)14-18-12-7-10(16)11(17)8-13(12)19-14/h7-9H,2-6H2,1H3,(H,18,19). The van der Waals surface area contributed by atoms with Crippen LogP contribution in [0.5, 0.6) is 0 Å². The number of rotatable bonds is 2. The molecule has 2 aromatic rings. The van der Waals surface area contributed by atoms with Gasteiger partial charge in [-0.2, -0.15) is 0 Å². The van der Waals surface area contributed by atoms with E-state index in [1.807, 2.05) is 6.92 Å². The summed E-state index contributed by atoms with van der Waals surface area (Å²) >= 11 is 12.1. The zero-order valence-electron chi connectivity index (χ0n) is 12.2. The number of imidazole rings is 1. The lowest BCUT2D eigenvalue weighted by atomic mass is 9.96. The zero-order valence-corrected chi connectivity index (χ0v) is 13.7. The second-order valence-electron chi connectivity index (χ2n) is 5.37. The van der Waals surface area contributed by atoms with E-state index in [1.165, 1.54) is 0 Å². The van der Waals surface area contributed by atoms with Gasteiger partial charge in [-0.1, -0.05) is 23.2 Å². The second-order valence-corrected chi connectivity index (χ2v) is 6.18. The van der Waals surface area contributed by atoms with Crippen molar-refractivity contribution in [3.8, 4) is 0 Å². The van der Waals surface area contributed by atoms with E-state index in [4.69, 9.17) is 27.9 Å². The van der Waals surface area contributed by atoms with E-state index in [1.54, 1.807) is 17.0 Å². The van der Waals surface area contributed by atoms with Crippen LogP contribution in [0.25, 0.3) is 11.0 Å². The maximum atomic E-state index is 11.7. The Morgan fingerprint density at radius 3 is 2.73 bits per heavy atom. The summed E-state index contributed by atoms with van der Waals surface area (Å²) in [6.07, 6.45) is 1.49. The van der Waals surface area contributed by atoms with Crippen molar-refractivity contribution >= 4 is 40.3 Å². The molecule has 1 N–H and O–H groups in total. The molecule has 7 heteroatoms. The molecule has 1 aliphatic rings. The van der Waals surface area contributed by atoms with Crippen molar-refractivity contribution in [3.63, 3.8) is 0 Å². The number of carbonyl (C=O) groups is 1. The SMILES string of the molecule is CCOC(=O)N1CCC(c2nc3cc(Cl)c(Cl)cc3[nH]2)CC1. The fourth-order valence-corrected chi connectivity index (χ4v) is 3.09. The van der Waals surface area contributed by atoms with Crippen molar-refractivity contribution in [1.29, 1.82) is 0 Å². The fraction of sp³-hybridized carbons (Fsp3) is 0.467. The smallest absolute Gasteiger partial charge is 0.409 e. The van der Waals surface area contributed by atoms with Gasteiger partial charge < -0.3 is 14.6 Å². The minimum atomic E-state index is -0.232. The molecule has 0 bridgehead atoms. The minimum Gasteiger partial charge on any atom is -0.450 e. The number of nitrogens with zero attached hydrogens (tertiary/aromatic N) is 2. The first kappa shape index (κ1) is 15.4. The van der Waals surface area contributed by atoms with E-state index < -0.39 is 0 Å². The van der Waals surface area contributed by atoms with Crippen LogP contribution in [0.4, 0.5) is 4.79 Å². The van der Waals surface area contributed by atoms with Crippen LogP contribution in [0.3, 0.4) is 0 Å². The van der Waals surface area contributed by atoms with E-state index >= 15 is 0 Å². The van der Waals surface area contributed by atoms with Crippen LogP contribution < -0.4 is 0 Å². The molecule has 0 saturated carbocycles. The summed E-state index contributed by atoms with van der Waals surface area (Å²) in [5, 5.41) is 1.02. The van der Waals surface area contributed by atoms with Crippen LogP contribution in [-0.4, -0.2) is 40.7 Å². The molecule has 22 heavy (non-hydrogen) atoms. The number of ether oxygens (including phenoxy) is 1. The number of piperidine rings is 1. The highest BCUT2D eigenvalue weighted by atomic mass is 35.5. The number of likely N-dealkylation sites (tertiary alicyclic amines) is 1. The average molecular weight is 342 g/mol. The Kier molecular flexibility index (Phi) is 4.45. The van der Waals surface area contributed by atoms with E-state index in [0.29, 0.717) is 35.7 Å². The molecule has 0 atom stereocenters. The predicted octanol–water partition coefficient (Wildman–Crippen LogP) is 4.21. The molecule has 3 rings (SSSR count). The summed E-state index contributed by atoms with van der Waals surface area (Å²) < 4.78 is 5.03. The molecule has 0 aliphatic carbocycles. The third-order valence-electron chi connectivity index (χ3n) is 3.95. The van der Waals surface area contributed by atoms with Crippen LogP contribution in [0.2, 0.25) is 10.0 Å². The number of aromatic nitrogens is 2. The third-order valence-corrected chi connectivity index (χ3v) is 4.67. The lowest BCUT2D eigenvalue weighted by molar-refractivity contribution is 0.0967. The molecule has 0 unspecified atom stereocenters. The summed E-state index contributed by atoms with van der Waals surface area (Å²) in [7, 11) is 0. The van der Waals surface area contributed by atoms with Crippen molar-refractivity contribution in [2.24, 2.45) is 0 Å². The van der Waals surface area contributed by atoms with E-state index in [2.05, 4.69) is 9.97 Å². The van der Waals surface area contributed by atoms with E-state index in [0.717, 1.165) is 29.7 Å². The van der Waals surface area contributed by atoms with Gasteiger partial charge in [0.05, 0.1) is 27.7 Å². The van der Waals surface area contributed by atoms with Gasteiger partial charge in [0.15, 0.2) is 0 Å². The van der Waals surface area contributed by atoms with Gasteiger partial charge in [-0.25, -0.2) is 9.78 Å². The molecule has 1 saturated heterocycles. The van der Waals surface area contributed by atoms with Gasteiger partial charge in [-0.15, -0.1) is 0 Å². The number of hydrogen-bond donors (Lipinski definition) is 1. The van der Waals surface area contributed by atoms with Gasteiger partial charge in [0.2, 0.25) is 0 Å². The molecule has 0 spiro atoms. The molecule has 118 valence electrons. The normalized spacial score (nSPS) is 16.2. The van der Waals surface area contributed by atoms with E-state index in [-0.39, 0.29) is 6.09 Å². The molecular weight excluding hydrogens is 325 g/mol. The fourth-order valence-electron chi connectivity index (χ4n) is 2.77. The monoisotopic (exact) mass is 341 g/mol. The second kappa shape index (κ2) is 6.34. The quantitative estimate of drug-likeness (QED) is 0.890. The first-order valence-electron chi connectivity index (χ1n) is 7.35. The van der Waals surface area contributed by atoms with E-state index in [9.17, 15) is 4.79 Å². The number of H-pyrrole nitrogens is 1. The third kappa shape index (κ3) is 3.01. The Labute approximate surface area is 138 Å². The van der Waals surface area contributed by atoms with Gasteiger partial charge in [-0.05, 0) is 31.9 Å². The van der Waals surface area contributed by atoms with Gasteiger partial charge >= 0.3 is 6.09 Å². The largest absolute Gasteiger partial charge is 0.450 e. The molecule has 2 heterocycles. The van der Waals surface area contributed by atoms with Crippen LogP contribution in [0.1, 0.15) is 31.5 Å². The number of fused-ring (bicyclic) bond motifs is 1. The first-order chi connectivity index (χ1) is 10.6. The average Bonchev–Trinajstić information content (AvgIpc) is 2.91. The molecule has 1 fully saturated rings. The number of benzene rings is 1. The number of halogens is 2. The first-order valence-corrected chi connectivity index (χ1v) is 8.10. The Morgan fingerprint density at radius 2 is 2.05 bits per heavy atom. The highest BCUT2D eigenvalue weighted by Gasteiger charge is 2.26. The van der Waals surface area contributed by atoms with Crippen LogP contribution in [0.15, 0.2) is 12.1 Å². The molecule has 0 radical (unpaired) electrons. The van der Waals surface area contributed by atoms with Crippen LogP contribution >= 0.6 is 23.2 Å². The molecule has 1 aromatic heterocycles. The van der Waals surface area contributed by atoms with Crippen molar-refractivity contribution in [2.75, 3.05) is 19.7 Å². The number of hydrogen-bond acceptors (Lipinski definition) is 3. The molecular formula is C15H17Cl2N3O2.